The van der Waals surface area contributed by atoms with E-state index in [9.17, 15) is 4.79 Å². The van der Waals surface area contributed by atoms with Gasteiger partial charge in [-0.2, -0.15) is 5.10 Å². The highest BCUT2D eigenvalue weighted by Gasteiger charge is 2.11. The molecule has 0 aliphatic rings. The molecule has 0 aliphatic heterocycles. The Balaban J connectivity index is 1.33. The Labute approximate surface area is 184 Å². The van der Waals surface area contributed by atoms with Gasteiger partial charge in [0.2, 0.25) is 5.91 Å². The van der Waals surface area contributed by atoms with Crippen molar-refractivity contribution in [1.82, 2.24) is 25.1 Å². The fraction of sp³-hybridized carbons (Fsp3) is 0.273. The van der Waals surface area contributed by atoms with Crippen LogP contribution in [0.1, 0.15) is 11.3 Å². The van der Waals surface area contributed by atoms with E-state index in [1.165, 1.54) is 6.33 Å². The number of aromatic nitrogens is 4. The number of ether oxygens (including phenoxy) is 2. The van der Waals surface area contributed by atoms with Crippen molar-refractivity contribution >= 4 is 22.8 Å². The number of rotatable bonds is 10. The lowest BCUT2D eigenvalue weighted by Crippen LogP contribution is -2.28. The molecule has 166 valence electrons. The van der Waals surface area contributed by atoms with Crippen molar-refractivity contribution in [3.05, 3.63) is 60.4 Å². The van der Waals surface area contributed by atoms with Crippen LogP contribution in [0.2, 0.25) is 0 Å². The van der Waals surface area contributed by atoms with Gasteiger partial charge in [0.05, 0.1) is 51.6 Å². The van der Waals surface area contributed by atoms with Gasteiger partial charge in [-0.1, -0.05) is 6.07 Å². The third kappa shape index (κ3) is 4.80. The summed E-state index contributed by atoms with van der Waals surface area (Å²) >= 11 is 0. The molecule has 4 rings (SSSR count). The maximum absolute atomic E-state index is 12.4. The summed E-state index contributed by atoms with van der Waals surface area (Å²) in [6.45, 7) is 1.41. The normalized spacial score (nSPS) is 10.8. The Morgan fingerprint density at radius 2 is 2.03 bits per heavy atom. The molecule has 0 unspecified atom stereocenters. The van der Waals surface area contributed by atoms with Crippen LogP contribution in [0.15, 0.2) is 53.5 Å². The van der Waals surface area contributed by atoms with Crippen LogP contribution in [0.25, 0.3) is 11.0 Å². The van der Waals surface area contributed by atoms with Crippen molar-refractivity contribution in [2.24, 2.45) is 0 Å². The number of furan rings is 1. The third-order valence-electron chi connectivity index (χ3n) is 4.90. The minimum absolute atomic E-state index is 0.0934. The highest BCUT2D eigenvalue weighted by Crippen LogP contribution is 2.27. The predicted octanol–water partition coefficient (Wildman–Crippen LogP) is 2.41. The van der Waals surface area contributed by atoms with Gasteiger partial charge in [-0.05, 0) is 29.8 Å². The lowest BCUT2D eigenvalue weighted by Gasteiger charge is -2.10. The second-order valence-corrected chi connectivity index (χ2v) is 6.98. The third-order valence-corrected chi connectivity index (χ3v) is 4.90. The zero-order valence-corrected chi connectivity index (χ0v) is 17.9. The van der Waals surface area contributed by atoms with E-state index in [4.69, 9.17) is 13.9 Å². The summed E-state index contributed by atoms with van der Waals surface area (Å²) in [4.78, 5) is 21.0. The number of nitrogens with one attached hydrogen (secondary N) is 2. The molecule has 10 nitrogen and oxygen atoms in total. The quantitative estimate of drug-likeness (QED) is 0.389. The van der Waals surface area contributed by atoms with E-state index in [1.807, 2.05) is 18.2 Å². The van der Waals surface area contributed by atoms with Gasteiger partial charge in [0, 0.05) is 6.54 Å². The lowest BCUT2D eigenvalue weighted by molar-refractivity contribution is -0.120. The van der Waals surface area contributed by atoms with E-state index in [-0.39, 0.29) is 12.3 Å². The lowest BCUT2D eigenvalue weighted by atomic mass is 10.1. The Morgan fingerprint density at radius 1 is 1.16 bits per heavy atom. The van der Waals surface area contributed by atoms with Crippen molar-refractivity contribution in [2.75, 3.05) is 26.1 Å². The van der Waals surface area contributed by atoms with Gasteiger partial charge < -0.3 is 24.5 Å². The van der Waals surface area contributed by atoms with Crippen molar-refractivity contribution in [1.29, 1.82) is 0 Å². The number of hydrogen-bond acceptors (Lipinski definition) is 8. The minimum Gasteiger partial charge on any atom is -0.493 e. The molecule has 0 fully saturated rings. The standard InChI is InChI=1S/C22H24N6O4/c1-30-18-6-5-15(10-19(18)31-2)11-20(29)23-7-8-28-22-17(13-27-28)21(25-14-26-22)24-12-16-4-3-9-32-16/h3-6,9-10,13-14H,7-8,11-12H2,1-2H3,(H,23,29)(H,24,25,26). The first kappa shape index (κ1) is 21.2. The molecule has 0 spiro atoms. The van der Waals surface area contributed by atoms with Gasteiger partial charge in [-0.25, -0.2) is 14.6 Å². The Morgan fingerprint density at radius 3 is 2.81 bits per heavy atom. The Hall–Kier alpha value is -4.08. The molecule has 0 saturated carbocycles. The highest BCUT2D eigenvalue weighted by molar-refractivity contribution is 5.86. The van der Waals surface area contributed by atoms with Crippen LogP contribution in [-0.2, 0) is 24.3 Å². The number of anilines is 1. The number of carbonyl (C=O) groups excluding carboxylic acids is 1. The summed E-state index contributed by atoms with van der Waals surface area (Å²) in [6, 6.07) is 9.15. The zero-order chi connectivity index (χ0) is 22.3. The first-order chi connectivity index (χ1) is 15.7. The van der Waals surface area contributed by atoms with Crippen LogP contribution in [0.5, 0.6) is 11.5 Å². The molecule has 0 radical (unpaired) electrons. The molecule has 1 amide bonds. The monoisotopic (exact) mass is 436 g/mol. The minimum atomic E-state index is -0.0934. The second kappa shape index (κ2) is 9.82. The van der Waals surface area contributed by atoms with E-state index in [2.05, 4.69) is 25.7 Å². The van der Waals surface area contributed by atoms with Gasteiger partial charge in [-0.3, -0.25) is 4.79 Å². The van der Waals surface area contributed by atoms with Crippen LogP contribution < -0.4 is 20.1 Å². The van der Waals surface area contributed by atoms with Crippen LogP contribution >= 0.6 is 0 Å². The fourth-order valence-corrected chi connectivity index (χ4v) is 3.32. The molecule has 0 atom stereocenters. The second-order valence-electron chi connectivity index (χ2n) is 6.98. The van der Waals surface area contributed by atoms with Gasteiger partial charge in [0.25, 0.3) is 0 Å². The number of hydrogen-bond donors (Lipinski definition) is 2. The molecule has 3 aromatic heterocycles. The van der Waals surface area contributed by atoms with Crippen LogP contribution in [0, 0.1) is 0 Å². The van der Waals surface area contributed by atoms with Gasteiger partial charge in [-0.15, -0.1) is 0 Å². The molecule has 0 bridgehead atoms. The summed E-state index contributed by atoms with van der Waals surface area (Å²) < 4.78 is 17.6. The average Bonchev–Trinajstić information content (AvgIpc) is 3.48. The molecule has 32 heavy (non-hydrogen) atoms. The molecular formula is C22H24N6O4. The average molecular weight is 436 g/mol. The highest BCUT2D eigenvalue weighted by atomic mass is 16.5. The molecular weight excluding hydrogens is 412 g/mol. The zero-order valence-electron chi connectivity index (χ0n) is 17.9. The van der Waals surface area contributed by atoms with E-state index in [1.54, 1.807) is 43.5 Å². The topological polar surface area (TPSA) is 116 Å². The first-order valence-corrected chi connectivity index (χ1v) is 10.1. The summed E-state index contributed by atoms with van der Waals surface area (Å²) in [5.74, 6) is 2.61. The number of fused-ring (bicyclic) bond motifs is 1. The maximum atomic E-state index is 12.4. The predicted molar refractivity (Wildman–Crippen MR) is 118 cm³/mol. The van der Waals surface area contributed by atoms with Crippen LogP contribution in [-0.4, -0.2) is 46.4 Å². The molecule has 1 aromatic carbocycles. The number of carbonyl (C=O) groups is 1. The molecule has 0 saturated heterocycles. The molecule has 3 heterocycles. The van der Waals surface area contributed by atoms with Gasteiger partial charge in [0.1, 0.15) is 17.9 Å². The largest absolute Gasteiger partial charge is 0.493 e. The maximum Gasteiger partial charge on any atom is 0.224 e. The van der Waals surface area contributed by atoms with Crippen molar-refractivity contribution < 1.29 is 18.7 Å². The van der Waals surface area contributed by atoms with Gasteiger partial charge in [0.15, 0.2) is 17.1 Å². The summed E-state index contributed by atoms with van der Waals surface area (Å²) in [5, 5.41) is 11.3. The van der Waals surface area contributed by atoms with Crippen LogP contribution in [0.4, 0.5) is 5.82 Å². The van der Waals surface area contributed by atoms with E-state index in [0.717, 1.165) is 16.7 Å². The summed E-state index contributed by atoms with van der Waals surface area (Å²) in [7, 11) is 3.14. The summed E-state index contributed by atoms with van der Waals surface area (Å²) in [6.07, 6.45) is 5.07. The fourth-order valence-electron chi connectivity index (χ4n) is 3.32. The van der Waals surface area contributed by atoms with Crippen molar-refractivity contribution in [3.63, 3.8) is 0 Å². The van der Waals surface area contributed by atoms with Crippen molar-refractivity contribution in [3.8, 4) is 11.5 Å². The SMILES string of the molecule is COc1ccc(CC(=O)NCCn2ncc3c(NCc4ccco4)ncnc32)cc1OC. The number of methoxy groups -OCH3 is 2. The number of amides is 1. The molecule has 10 heteroatoms. The smallest absolute Gasteiger partial charge is 0.224 e. The number of benzene rings is 1. The Bertz CT molecular complexity index is 1190. The first-order valence-electron chi connectivity index (χ1n) is 10.1. The molecule has 0 aliphatic carbocycles. The van der Waals surface area contributed by atoms with Gasteiger partial charge >= 0.3 is 0 Å². The summed E-state index contributed by atoms with van der Waals surface area (Å²) in [5.41, 5.74) is 1.53. The molecule has 4 aromatic rings. The van der Waals surface area contributed by atoms with E-state index in [0.29, 0.717) is 42.6 Å². The van der Waals surface area contributed by atoms with Crippen molar-refractivity contribution in [2.45, 2.75) is 19.5 Å². The Kier molecular flexibility index (Phi) is 6.49. The molecule has 2 N–H and O–H groups in total. The van der Waals surface area contributed by atoms with Crippen LogP contribution in [0.3, 0.4) is 0 Å². The van der Waals surface area contributed by atoms with E-state index < -0.39 is 0 Å². The number of nitrogens with zero attached hydrogens (tertiary/aromatic N) is 4. The van der Waals surface area contributed by atoms with E-state index >= 15 is 0 Å².